The summed E-state index contributed by atoms with van der Waals surface area (Å²) in [6, 6.07) is 5.22. The van der Waals surface area contributed by atoms with Crippen molar-refractivity contribution in [3.8, 4) is 6.07 Å². The van der Waals surface area contributed by atoms with Crippen LogP contribution in [0.4, 0.5) is 0 Å². The zero-order valence-corrected chi connectivity index (χ0v) is 9.46. The molecule has 86 valence electrons. The fraction of sp³-hybridized carbons (Fsp3) is 0.500. The monoisotopic (exact) mass is 240 g/mol. The topological polar surface area (TPSA) is 83.1 Å². The molecular formula is C10H12N2O3S. The van der Waals surface area contributed by atoms with E-state index in [1.165, 1.54) is 0 Å². The molecule has 2 rings (SSSR count). The van der Waals surface area contributed by atoms with Gasteiger partial charge in [-0.3, -0.25) is 0 Å². The Balaban J connectivity index is 1.87. The van der Waals surface area contributed by atoms with E-state index in [-0.39, 0.29) is 23.3 Å². The summed E-state index contributed by atoms with van der Waals surface area (Å²) in [7, 11) is -2.84. The van der Waals surface area contributed by atoms with Gasteiger partial charge in [-0.05, 0) is 18.6 Å². The van der Waals surface area contributed by atoms with Crippen LogP contribution in [0.25, 0.3) is 0 Å². The van der Waals surface area contributed by atoms with Crippen molar-refractivity contribution in [1.29, 1.82) is 5.26 Å². The van der Waals surface area contributed by atoms with Gasteiger partial charge in [-0.25, -0.2) is 8.42 Å². The Bertz CT molecular complexity index is 512. The summed E-state index contributed by atoms with van der Waals surface area (Å²) in [5.74, 6) is 1.38. The molecule has 0 aliphatic carbocycles. The molecule has 2 heterocycles. The Hall–Kier alpha value is -1.32. The van der Waals surface area contributed by atoms with Crippen LogP contribution in [0.15, 0.2) is 16.5 Å². The highest BCUT2D eigenvalue weighted by molar-refractivity contribution is 7.91. The first-order valence-electron chi connectivity index (χ1n) is 5.02. The highest BCUT2D eigenvalue weighted by atomic mass is 32.2. The van der Waals surface area contributed by atoms with Gasteiger partial charge in [-0.2, -0.15) is 5.26 Å². The fourth-order valence-corrected chi connectivity index (χ4v) is 3.44. The minimum absolute atomic E-state index is 0.000589. The molecule has 1 atom stereocenters. The van der Waals surface area contributed by atoms with Gasteiger partial charge in [0.2, 0.25) is 5.76 Å². The largest absolute Gasteiger partial charge is 0.449 e. The van der Waals surface area contributed by atoms with E-state index >= 15 is 0 Å². The Kier molecular flexibility index (Phi) is 2.99. The molecule has 1 saturated heterocycles. The second-order valence-electron chi connectivity index (χ2n) is 3.86. The van der Waals surface area contributed by atoms with Crippen LogP contribution < -0.4 is 5.32 Å². The van der Waals surface area contributed by atoms with Crippen molar-refractivity contribution >= 4 is 9.84 Å². The summed E-state index contributed by atoms with van der Waals surface area (Å²) in [5, 5.41) is 11.7. The van der Waals surface area contributed by atoms with Gasteiger partial charge in [-0.1, -0.05) is 0 Å². The maximum atomic E-state index is 11.2. The number of nitrogens with one attached hydrogen (secondary N) is 1. The van der Waals surface area contributed by atoms with Crippen molar-refractivity contribution in [3.63, 3.8) is 0 Å². The average Bonchev–Trinajstić information content (AvgIpc) is 2.81. The summed E-state index contributed by atoms with van der Waals surface area (Å²) in [4.78, 5) is 0. The molecule has 1 aromatic heterocycles. The number of hydrogen-bond donors (Lipinski definition) is 1. The summed E-state index contributed by atoms with van der Waals surface area (Å²) in [6.07, 6.45) is 0.647. The number of nitriles is 1. The number of furan rings is 1. The summed E-state index contributed by atoms with van der Waals surface area (Å²) < 4.78 is 27.6. The Morgan fingerprint density at radius 1 is 1.56 bits per heavy atom. The maximum absolute atomic E-state index is 11.2. The molecule has 1 unspecified atom stereocenters. The molecule has 0 aromatic carbocycles. The standard InChI is InChI=1S/C10H12N2O3S/c11-5-9-1-2-10(15-9)6-12-8-3-4-16(13,14)7-8/h1-2,8,12H,3-4,6-7H2. The first kappa shape index (κ1) is 11.2. The van der Waals surface area contributed by atoms with Crippen molar-refractivity contribution in [3.05, 3.63) is 23.7 Å². The van der Waals surface area contributed by atoms with Crippen LogP contribution in [-0.2, 0) is 16.4 Å². The van der Waals surface area contributed by atoms with Gasteiger partial charge in [0.15, 0.2) is 9.84 Å². The van der Waals surface area contributed by atoms with Crippen LogP contribution in [0, 0.1) is 11.3 Å². The van der Waals surface area contributed by atoms with Crippen LogP contribution in [0.1, 0.15) is 17.9 Å². The lowest BCUT2D eigenvalue weighted by molar-refractivity contribution is 0.450. The molecule has 0 saturated carbocycles. The van der Waals surface area contributed by atoms with Gasteiger partial charge < -0.3 is 9.73 Å². The number of sulfone groups is 1. The van der Waals surface area contributed by atoms with Gasteiger partial charge in [-0.15, -0.1) is 0 Å². The molecule has 1 aliphatic heterocycles. The minimum atomic E-state index is -2.84. The van der Waals surface area contributed by atoms with E-state index in [9.17, 15) is 8.42 Å². The normalized spacial score (nSPS) is 23.1. The zero-order chi connectivity index (χ0) is 11.6. The van der Waals surface area contributed by atoms with E-state index in [4.69, 9.17) is 9.68 Å². The summed E-state index contributed by atoms with van der Waals surface area (Å²) >= 11 is 0. The molecule has 6 heteroatoms. The van der Waals surface area contributed by atoms with Gasteiger partial charge in [0.1, 0.15) is 11.8 Å². The van der Waals surface area contributed by atoms with Gasteiger partial charge in [0, 0.05) is 6.04 Å². The zero-order valence-electron chi connectivity index (χ0n) is 8.64. The molecule has 0 bridgehead atoms. The Labute approximate surface area is 94.0 Å². The second-order valence-corrected chi connectivity index (χ2v) is 6.09. The summed E-state index contributed by atoms with van der Waals surface area (Å²) in [6.45, 7) is 0.460. The Morgan fingerprint density at radius 2 is 2.38 bits per heavy atom. The van der Waals surface area contributed by atoms with Crippen LogP contribution in [0.3, 0.4) is 0 Å². The SMILES string of the molecule is N#Cc1ccc(CNC2CCS(=O)(=O)C2)o1. The fourth-order valence-electron chi connectivity index (χ4n) is 1.73. The lowest BCUT2D eigenvalue weighted by Crippen LogP contribution is -2.29. The van der Waals surface area contributed by atoms with E-state index in [0.29, 0.717) is 18.7 Å². The third-order valence-corrected chi connectivity index (χ3v) is 4.34. The van der Waals surface area contributed by atoms with Crippen molar-refractivity contribution in [2.45, 2.75) is 19.0 Å². The smallest absolute Gasteiger partial charge is 0.203 e. The third-order valence-electron chi connectivity index (χ3n) is 2.57. The third kappa shape index (κ3) is 2.62. The van der Waals surface area contributed by atoms with Crippen LogP contribution in [-0.4, -0.2) is 26.0 Å². The van der Waals surface area contributed by atoms with Crippen LogP contribution >= 0.6 is 0 Å². The van der Waals surface area contributed by atoms with Crippen LogP contribution in [0.2, 0.25) is 0 Å². The molecule has 1 aromatic rings. The molecule has 0 radical (unpaired) electrons. The van der Waals surface area contributed by atoms with Gasteiger partial charge in [0.05, 0.1) is 18.1 Å². The van der Waals surface area contributed by atoms with Crippen molar-refractivity contribution in [2.24, 2.45) is 0 Å². The van der Waals surface area contributed by atoms with Crippen molar-refractivity contribution in [1.82, 2.24) is 5.32 Å². The first-order valence-corrected chi connectivity index (χ1v) is 6.84. The highest BCUT2D eigenvalue weighted by Gasteiger charge is 2.27. The van der Waals surface area contributed by atoms with E-state index in [1.54, 1.807) is 12.1 Å². The molecule has 1 fully saturated rings. The number of rotatable bonds is 3. The summed E-state index contributed by atoms with van der Waals surface area (Å²) in [5.41, 5.74) is 0. The Morgan fingerprint density at radius 3 is 2.94 bits per heavy atom. The lowest BCUT2D eigenvalue weighted by atomic mass is 10.2. The molecule has 5 nitrogen and oxygen atoms in total. The van der Waals surface area contributed by atoms with Crippen molar-refractivity contribution < 1.29 is 12.8 Å². The lowest BCUT2D eigenvalue weighted by Gasteiger charge is -2.08. The number of nitrogens with zero attached hydrogens (tertiary/aromatic N) is 1. The average molecular weight is 240 g/mol. The quantitative estimate of drug-likeness (QED) is 0.828. The van der Waals surface area contributed by atoms with E-state index in [0.717, 1.165) is 0 Å². The predicted octanol–water partition coefficient (Wildman–Crippen LogP) is 0.428. The second kappa shape index (κ2) is 4.28. The molecule has 1 aliphatic rings. The highest BCUT2D eigenvalue weighted by Crippen LogP contribution is 2.13. The van der Waals surface area contributed by atoms with E-state index in [2.05, 4.69) is 5.32 Å². The van der Waals surface area contributed by atoms with Crippen LogP contribution in [0.5, 0.6) is 0 Å². The maximum Gasteiger partial charge on any atom is 0.203 e. The molecule has 16 heavy (non-hydrogen) atoms. The number of hydrogen-bond acceptors (Lipinski definition) is 5. The van der Waals surface area contributed by atoms with E-state index < -0.39 is 9.84 Å². The van der Waals surface area contributed by atoms with Crippen molar-refractivity contribution in [2.75, 3.05) is 11.5 Å². The molecule has 0 spiro atoms. The van der Waals surface area contributed by atoms with Gasteiger partial charge in [0.25, 0.3) is 0 Å². The predicted molar refractivity (Wildman–Crippen MR) is 57.3 cm³/mol. The molecular weight excluding hydrogens is 228 g/mol. The molecule has 1 N–H and O–H groups in total. The minimum Gasteiger partial charge on any atom is -0.449 e. The first-order chi connectivity index (χ1) is 7.59. The van der Waals surface area contributed by atoms with E-state index in [1.807, 2.05) is 6.07 Å². The molecule has 0 amide bonds. The van der Waals surface area contributed by atoms with Gasteiger partial charge >= 0.3 is 0 Å².